The highest BCUT2D eigenvalue weighted by molar-refractivity contribution is 6.17. The van der Waals surface area contributed by atoms with Gasteiger partial charge in [-0.15, -0.1) is 11.6 Å². The number of ether oxygens (including phenoxy) is 1. The molecule has 1 N–H and O–H groups in total. The summed E-state index contributed by atoms with van der Waals surface area (Å²) in [6.45, 7) is 7.48. The van der Waals surface area contributed by atoms with Crippen molar-refractivity contribution in [3.8, 4) is 5.75 Å². The molecule has 0 aromatic heterocycles. The predicted octanol–water partition coefficient (Wildman–Crippen LogP) is 3.86. The summed E-state index contributed by atoms with van der Waals surface area (Å²) >= 11 is 5.71. The van der Waals surface area contributed by atoms with Gasteiger partial charge in [0.1, 0.15) is 5.75 Å². The fourth-order valence-corrected chi connectivity index (χ4v) is 2.06. The summed E-state index contributed by atoms with van der Waals surface area (Å²) in [6, 6.07) is 7.20. The van der Waals surface area contributed by atoms with Gasteiger partial charge in [0.05, 0.1) is 6.61 Å². The second-order valence-corrected chi connectivity index (χ2v) is 5.97. The summed E-state index contributed by atoms with van der Waals surface area (Å²) in [6.07, 6.45) is 1.97. The van der Waals surface area contributed by atoms with E-state index in [1.165, 1.54) is 0 Å². The topological polar surface area (TPSA) is 38.3 Å². The van der Waals surface area contributed by atoms with E-state index in [9.17, 15) is 4.79 Å². The predicted molar refractivity (Wildman–Crippen MR) is 83.7 cm³/mol. The maximum Gasteiger partial charge on any atom is 0.251 e. The summed E-state index contributed by atoms with van der Waals surface area (Å²) < 4.78 is 5.35. The zero-order chi connectivity index (χ0) is 15.0. The van der Waals surface area contributed by atoms with Crippen LogP contribution in [0.15, 0.2) is 24.3 Å². The van der Waals surface area contributed by atoms with E-state index in [4.69, 9.17) is 16.3 Å². The minimum Gasteiger partial charge on any atom is -0.494 e. The van der Waals surface area contributed by atoms with Crippen LogP contribution in [-0.2, 0) is 0 Å². The molecule has 0 unspecified atom stereocenters. The largest absolute Gasteiger partial charge is 0.494 e. The molecule has 0 aliphatic carbocycles. The maximum absolute atomic E-state index is 12.1. The molecule has 0 fully saturated rings. The van der Waals surface area contributed by atoms with Gasteiger partial charge >= 0.3 is 0 Å². The number of alkyl halides is 1. The fraction of sp³-hybridized carbons (Fsp3) is 0.562. The lowest BCUT2D eigenvalue weighted by atomic mass is 9.88. The van der Waals surface area contributed by atoms with E-state index in [2.05, 4.69) is 19.2 Å². The van der Waals surface area contributed by atoms with Crippen molar-refractivity contribution in [1.82, 2.24) is 5.32 Å². The van der Waals surface area contributed by atoms with Crippen LogP contribution in [0.4, 0.5) is 0 Å². The van der Waals surface area contributed by atoms with E-state index >= 15 is 0 Å². The van der Waals surface area contributed by atoms with Crippen LogP contribution in [-0.4, -0.2) is 24.9 Å². The fourth-order valence-electron chi connectivity index (χ4n) is 1.92. The van der Waals surface area contributed by atoms with Crippen molar-refractivity contribution < 1.29 is 9.53 Å². The van der Waals surface area contributed by atoms with Gasteiger partial charge in [0.2, 0.25) is 0 Å². The Bertz CT molecular complexity index is 415. The Labute approximate surface area is 126 Å². The summed E-state index contributed by atoms with van der Waals surface area (Å²) in [7, 11) is 0. The van der Waals surface area contributed by atoms with Gasteiger partial charge in [-0.2, -0.15) is 0 Å². The van der Waals surface area contributed by atoms with Gasteiger partial charge in [0, 0.05) is 18.0 Å². The van der Waals surface area contributed by atoms with Gasteiger partial charge in [0.15, 0.2) is 0 Å². The number of rotatable bonds is 8. The van der Waals surface area contributed by atoms with Crippen molar-refractivity contribution in [2.75, 3.05) is 19.0 Å². The minimum absolute atomic E-state index is 0.0491. The average Bonchev–Trinajstić information content (AvgIpc) is 2.44. The zero-order valence-corrected chi connectivity index (χ0v) is 13.3. The lowest BCUT2D eigenvalue weighted by Crippen LogP contribution is -2.34. The van der Waals surface area contributed by atoms with Gasteiger partial charge in [-0.1, -0.05) is 13.8 Å². The first-order valence-corrected chi connectivity index (χ1v) is 7.59. The second-order valence-electron chi connectivity index (χ2n) is 5.60. The summed E-state index contributed by atoms with van der Waals surface area (Å²) in [5.41, 5.74) is 0.720. The second kappa shape index (κ2) is 8.15. The number of halogens is 1. The standard InChI is InChI=1S/C16H24ClNO2/c1-4-20-14-8-6-13(7-9-14)15(19)18-12-16(2,3)10-5-11-17/h6-9H,4-5,10-12H2,1-3H3,(H,18,19). The van der Waals surface area contributed by atoms with E-state index in [1.54, 1.807) is 12.1 Å². The van der Waals surface area contributed by atoms with Crippen LogP contribution in [0.5, 0.6) is 5.75 Å². The highest BCUT2D eigenvalue weighted by Gasteiger charge is 2.18. The molecule has 1 amide bonds. The molecule has 112 valence electrons. The molecule has 0 spiro atoms. The Hall–Kier alpha value is -1.22. The smallest absolute Gasteiger partial charge is 0.251 e. The summed E-state index contributed by atoms with van der Waals surface area (Å²) in [4.78, 5) is 12.1. The van der Waals surface area contributed by atoms with Gasteiger partial charge in [-0.05, 0) is 49.4 Å². The molecule has 0 aliphatic rings. The molecule has 1 rings (SSSR count). The molecule has 0 saturated heterocycles. The van der Waals surface area contributed by atoms with Crippen molar-refractivity contribution in [2.24, 2.45) is 5.41 Å². The SMILES string of the molecule is CCOc1ccc(C(=O)NCC(C)(C)CCCCl)cc1. The first-order chi connectivity index (χ1) is 9.48. The maximum atomic E-state index is 12.1. The van der Waals surface area contributed by atoms with E-state index < -0.39 is 0 Å². The Morgan fingerprint density at radius 2 is 1.95 bits per heavy atom. The van der Waals surface area contributed by atoms with Crippen LogP contribution in [0, 0.1) is 5.41 Å². The van der Waals surface area contributed by atoms with E-state index in [0.29, 0.717) is 24.6 Å². The average molecular weight is 298 g/mol. The Morgan fingerprint density at radius 1 is 1.30 bits per heavy atom. The van der Waals surface area contributed by atoms with Crippen molar-refractivity contribution >= 4 is 17.5 Å². The number of hydrogen-bond acceptors (Lipinski definition) is 2. The van der Waals surface area contributed by atoms with Crippen molar-refractivity contribution in [2.45, 2.75) is 33.6 Å². The first kappa shape index (κ1) is 16.8. The summed E-state index contributed by atoms with van der Waals surface area (Å²) in [5.74, 6) is 1.40. The van der Waals surface area contributed by atoms with Gasteiger partial charge < -0.3 is 10.1 Å². The third-order valence-electron chi connectivity index (χ3n) is 3.14. The van der Waals surface area contributed by atoms with E-state index in [-0.39, 0.29) is 11.3 Å². The van der Waals surface area contributed by atoms with Gasteiger partial charge in [0.25, 0.3) is 5.91 Å². The van der Waals surface area contributed by atoms with Crippen molar-refractivity contribution in [3.05, 3.63) is 29.8 Å². The van der Waals surface area contributed by atoms with Crippen molar-refractivity contribution in [3.63, 3.8) is 0 Å². The monoisotopic (exact) mass is 297 g/mol. The van der Waals surface area contributed by atoms with Crippen LogP contribution >= 0.6 is 11.6 Å². The molecule has 0 aliphatic heterocycles. The minimum atomic E-state index is -0.0491. The molecule has 3 nitrogen and oxygen atoms in total. The van der Waals surface area contributed by atoms with E-state index in [0.717, 1.165) is 18.6 Å². The molecule has 1 aromatic carbocycles. The van der Waals surface area contributed by atoms with Crippen molar-refractivity contribution in [1.29, 1.82) is 0 Å². The van der Waals surface area contributed by atoms with Crippen LogP contribution < -0.4 is 10.1 Å². The molecule has 0 bridgehead atoms. The highest BCUT2D eigenvalue weighted by Crippen LogP contribution is 2.21. The van der Waals surface area contributed by atoms with Crippen LogP contribution in [0.2, 0.25) is 0 Å². The quantitative estimate of drug-likeness (QED) is 0.740. The van der Waals surface area contributed by atoms with Gasteiger partial charge in [-0.3, -0.25) is 4.79 Å². The number of hydrogen-bond donors (Lipinski definition) is 1. The van der Waals surface area contributed by atoms with Gasteiger partial charge in [-0.25, -0.2) is 0 Å². The molecule has 20 heavy (non-hydrogen) atoms. The third-order valence-corrected chi connectivity index (χ3v) is 3.41. The number of amides is 1. The van der Waals surface area contributed by atoms with E-state index in [1.807, 2.05) is 19.1 Å². The van der Waals surface area contributed by atoms with Crippen LogP contribution in [0.25, 0.3) is 0 Å². The normalized spacial score (nSPS) is 11.2. The molecule has 0 radical (unpaired) electrons. The summed E-state index contributed by atoms with van der Waals surface area (Å²) in [5, 5.41) is 2.98. The number of carbonyl (C=O) groups excluding carboxylic acids is 1. The molecule has 4 heteroatoms. The number of benzene rings is 1. The Kier molecular flexibility index (Phi) is 6.86. The molecule has 1 aromatic rings. The number of nitrogens with one attached hydrogen (secondary N) is 1. The highest BCUT2D eigenvalue weighted by atomic mass is 35.5. The molecule has 0 heterocycles. The Morgan fingerprint density at radius 3 is 2.50 bits per heavy atom. The lowest BCUT2D eigenvalue weighted by Gasteiger charge is -2.24. The zero-order valence-electron chi connectivity index (χ0n) is 12.5. The van der Waals surface area contributed by atoms with Crippen LogP contribution in [0.3, 0.4) is 0 Å². The molecule has 0 atom stereocenters. The molecular weight excluding hydrogens is 274 g/mol. The number of carbonyl (C=O) groups is 1. The first-order valence-electron chi connectivity index (χ1n) is 7.05. The van der Waals surface area contributed by atoms with Crippen LogP contribution in [0.1, 0.15) is 44.0 Å². The Balaban J connectivity index is 2.49. The lowest BCUT2D eigenvalue weighted by molar-refractivity contribution is 0.0934. The molecular formula is C16H24ClNO2. The third kappa shape index (κ3) is 5.83. The molecule has 0 saturated carbocycles.